The maximum absolute atomic E-state index is 11.2. The van der Waals surface area contributed by atoms with Gasteiger partial charge in [-0.05, 0) is 25.0 Å². The summed E-state index contributed by atoms with van der Waals surface area (Å²) in [6.07, 6.45) is 4.03. The minimum Gasteiger partial charge on any atom is -0.460 e. The number of aryl methyl sites for hydroxylation is 1. The number of Topliss-reactive ketones (excluding diaryl/α,β-unsaturated/α-hetero) is 1. The van der Waals surface area contributed by atoms with Gasteiger partial charge in [0.2, 0.25) is 5.78 Å². The van der Waals surface area contributed by atoms with E-state index < -0.39 is 11.8 Å². The zero-order valence-corrected chi connectivity index (χ0v) is 8.60. The third-order valence-electron chi connectivity index (χ3n) is 1.87. The Kier molecular flexibility index (Phi) is 4.47. The normalized spacial score (nSPS) is 9.67. The van der Waals surface area contributed by atoms with Gasteiger partial charge in [0.1, 0.15) is 0 Å². The summed E-state index contributed by atoms with van der Waals surface area (Å²) in [5, 5.41) is 0. The maximum atomic E-state index is 11.2. The van der Waals surface area contributed by atoms with E-state index in [0.29, 0.717) is 6.42 Å². The van der Waals surface area contributed by atoms with Crippen LogP contribution in [0, 0.1) is 0 Å². The molecule has 0 atom stereocenters. The summed E-state index contributed by atoms with van der Waals surface area (Å²) in [4.78, 5) is 26.1. The number of hydrogen-bond donors (Lipinski definition) is 0. The Morgan fingerprint density at radius 2 is 2.27 bits per heavy atom. The Balaban J connectivity index is 2.38. The van der Waals surface area contributed by atoms with E-state index in [4.69, 9.17) is 0 Å². The molecule has 4 nitrogen and oxygen atoms in total. The Bertz CT molecular complexity index is 335. The maximum Gasteiger partial charge on any atom is 0.374 e. The molecule has 1 aromatic rings. The molecular formula is C11H13NO3. The summed E-state index contributed by atoms with van der Waals surface area (Å²) >= 11 is 0. The summed E-state index contributed by atoms with van der Waals surface area (Å²) in [5.41, 5.74) is 0.940. The molecule has 0 aliphatic heterocycles. The van der Waals surface area contributed by atoms with Crippen LogP contribution in [-0.2, 0) is 20.7 Å². The smallest absolute Gasteiger partial charge is 0.374 e. The number of carbonyl (C=O) groups is 2. The predicted octanol–water partition coefficient (Wildman–Crippen LogP) is 1.15. The molecular weight excluding hydrogens is 194 g/mol. The Hall–Kier alpha value is -1.71. The highest BCUT2D eigenvalue weighted by atomic mass is 16.5. The van der Waals surface area contributed by atoms with Crippen LogP contribution in [0.25, 0.3) is 0 Å². The average Bonchev–Trinajstić information content (AvgIpc) is 2.27. The summed E-state index contributed by atoms with van der Waals surface area (Å²) in [7, 11) is 0. The van der Waals surface area contributed by atoms with Gasteiger partial charge in [0.05, 0.1) is 6.61 Å². The quantitative estimate of drug-likeness (QED) is 0.536. The zero-order chi connectivity index (χ0) is 11.1. The molecule has 1 aromatic heterocycles. The van der Waals surface area contributed by atoms with Crippen molar-refractivity contribution in [1.29, 1.82) is 0 Å². The lowest BCUT2D eigenvalue weighted by atomic mass is 10.1. The highest BCUT2D eigenvalue weighted by Crippen LogP contribution is 2.01. The van der Waals surface area contributed by atoms with Gasteiger partial charge in [0.15, 0.2) is 0 Å². The van der Waals surface area contributed by atoms with Crippen molar-refractivity contribution in [2.24, 2.45) is 0 Å². The van der Waals surface area contributed by atoms with Crippen molar-refractivity contribution in [2.75, 3.05) is 6.61 Å². The van der Waals surface area contributed by atoms with Crippen molar-refractivity contribution in [3.8, 4) is 0 Å². The lowest BCUT2D eigenvalue weighted by Crippen LogP contribution is -2.17. The highest BCUT2D eigenvalue weighted by molar-refractivity contribution is 6.33. The van der Waals surface area contributed by atoms with Crippen molar-refractivity contribution in [2.45, 2.75) is 19.8 Å². The van der Waals surface area contributed by atoms with E-state index in [2.05, 4.69) is 9.72 Å². The van der Waals surface area contributed by atoms with Crippen LogP contribution in [0.5, 0.6) is 0 Å². The molecule has 0 saturated carbocycles. The van der Waals surface area contributed by atoms with Crippen molar-refractivity contribution in [3.63, 3.8) is 0 Å². The van der Waals surface area contributed by atoms with Crippen LogP contribution in [0.1, 0.15) is 18.9 Å². The molecule has 0 aliphatic carbocycles. The molecule has 0 fully saturated rings. The average molecular weight is 207 g/mol. The van der Waals surface area contributed by atoms with Crippen LogP contribution >= 0.6 is 0 Å². The number of carbonyl (C=O) groups excluding carboxylic acids is 2. The number of esters is 1. The number of ether oxygens (including phenoxy) is 1. The van der Waals surface area contributed by atoms with Gasteiger partial charge >= 0.3 is 5.97 Å². The van der Waals surface area contributed by atoms with E-state index in [9.17, 15) is 9.59 Å². The summed E-state index contributed by atoms with van der Waals surface area (Å²) in [5.74, 6) is -1.23. The van der Waals surface area contributed by atoms with Crippen molar-refractivity contribution in [1.82, 2.24) is 4.98 Å². The molecule has 0 bridgehead atoms. The summed E-state index contributed by atoms with van der Waals surface area (Å²) in [6, 6.07) is 3.66. The number of pyridine rings is 1. The Labute approximate surface area is 88.3 Å². The van der Waals surface area contributed by atoms with Crippen molar-refractivity contribution >= 4 is 11.8 Å². The van der Waals surface area contributed by atoms with Crippen LogP contribution < -0.4 is 0 Å². The third kappa shape index (κ3) is 3.89. The molecule has 80 valence electrons. The van der Waals surface area contributed by atoms with Crippen molar-refractivity contribution < 1.29 is 14.3 Å². The second kappa shape index (κ2) is 5.90. The number of nitrogens with zero attached hydrogens (tertiary/aromatic N) is 1. The van der Waals surface area contributed by atoms with Crippen molar-refractivity contribution in [3.05, 3.63) is 30.1 Å². The fraction of sp³-hybridized carbons (Fsp3) is 0.364. The van der Waals surface area contributed by atoms with E-state index in [1.165, 1.54) is 0 Å². The highest BCUT2D eigenvalue weighted by Gasteiger charge is 2.13. The van der Waals surface area contributed by atoms with Gasteiger partial charge in [-0.15, -0.1) is 0 Å². The minimum absolute atomic E-state index is 0.171. The summed E-state index contributed by atoms with van der Waals surface area (Å²) < 4.78 is 4.59. The number of hydrogen-bond acceptors (Lipinski definition) is 4. The van der Waals surface area contributed by atoms with Crippen LogP contribution in [-0.4, -0.2) is 23.3 Å². The van der Waals surface area contributed by atoms with Crippen LogP contribution in [0.4, 0.5) is 0 Å². The fourth-order valence-corrected chi connectivity index (χ4v) is 1.12. The number of aromatic nitrogens is 1. The predicted molar refractivity (Wildman–Crippen MR) is 54.2 cm³/mol. The topological polar surface area (TPSA) is 56.3 Å². The zero-order valence-electron chi connectivity index (χ0n) is 8.60. The van der Waals surface area contributed by atoms with Crippen LogP contribution in [0.15, 0.2) is 24.5 Å². The first-order valence-corrected chi connectivity index (χ1v) is 4.83. The fourth-order valence-electron chi connectivity index (χ4n) is 1.12. The molecule has 4 heteroatoms. The number of rotatable bonds is 5. The van der Waals surface area contributed by atoms with Crippen LogP contribution in [0.3, 0.4) is 0 Å². The van der Waals surface area contributed by atoms with Gasteiger partial charge in [0, 0.05) is 18.8 Å². The minimum atomic E-state index is -0.749. The first kappa shape index (κ1) is 11.4. The second-order valence-electron chi connectivity index (χ2n) is 3.00. The largest absolute Gasteiger partial charge is 0.460 e. The first-order valence-electron chi connectivity index (χ1n) is 4.83. The Morgan fingerprint density at radius 3 is 2.87 bits per heavy atom. The molecule has 0 amide bonds. The van der Waals surface area contributed by atoms with Gasteiger partial charge < -0.3 is 4.74 Å². The molecule has 0 aromatic carbocycles. The summed E-state index contributed by atoms with van der Waals surface area (Å²) in [6.45, 7) is 1.91. The number of ketones is 1. The van der Waals surface area contributed by atoms with Gasteiger partial charge in [-0.25, -0.2) is 4.79 Å². The molecule has 0 N–H and O–H groups in total. The van der Waals surface area contributed by atoms with E-state index in [1.807, 2.05) is 6.07 Å². The molecule has 0 radical (unpaired) electrons. The lowest BCUT2D eigenvalue weighted by Gasteiger charge is -2.00. The Morgan fingerprint density at radius 1 is 1.47 bits per heavy atom. The molecule has 1 rings (SSSR count). The van der Waals surface area contributed by atoms with Gasteiger partial charge in [-0.3, -0.25) is 9.78 Å². The van der Waals surface area contributed by atoms with Gasteiger partial charge in [-0.2, -0.15) is 0 Å². The standard InChI is InChI=1S/C11H13NO3/c1-2-15-11(14)10(13)6-5-9-4-3-7-12-8-9/h3-4,7-8H,2,5-6H2,1H3. The molecule has 0 unspecified atom stereocenters. The SMILES string of the molecule is CCOC(=O)C(=O)CCc1cccnc1. The third-order valence-corrected chi connectivity index (χ3v) is 1.87. The van der Waals surface area contributed by atoms with E-state index in [-0.39, 0.29) is 13.0 Å². The van der Waals surface area contributed by atoms with Gasteiger partial charge in [-0.1, -0.05) is 6.07 Å². The van der Waals surface area contributed by atoms with E-state index in [0.717, 1.165) is 5.56 Å². The molecule has 1 heterocycles. The molecule has 0 aliphatic rings. The molecule has 0 spiro atoms. The first-order chi connectivity index (χ1) is 7.24. The van der Waals surface area contributed by atoms with Crippen LogP contribution in [0.2, 0.25) is 0 Å². The lowest BCUT2D eigenvalue weighted by molar-refractivity contribution is -0.153. The molecule has 15 heavy (non-hydrogen) atoms. The monoisotopic (exact) mass is 207 g/mol. The van der Waals surface area contributed by atoms with Gasteiger partial charge in [0.25, 0.3) is 0 Å². The van der Waals surface area contributed by atoms with E-state index >= 15 is 0 Å². The van der Waals surface area contributed by atoms with E-state index in [1.54, 1.807) is 25.4 Å². The molecule has 0 saturated heterocycles. The second-order valence-corrected chi connectivity index (χ2v) is 3.00.